The maximum absolute atomic E-state index is 14.8. The van der Waals surface area contributed by atoms with Crippen LogP contribution in [-0.2, 0) is 15.7 Å². The van der Waals surface area contributed by atoms with E-state index < -0.39 is 41.7 Å². The highest BCUT2D eigenvalue weighted by Gasteiger charge is 2.49. The van der Waals surface area contributed by atoms with Gasteiger partial charge in [-0.3, -0.25) is 9.59 Å². The summed E-state index contributed by atoms with van der Waals surface area (Å²) in [6.07, 6.45) is 0.348. The van der Waals surface area contributed by atoms with Crippen LogP contribution in [0.5, 0.6) is 0 Å². The van der Waals surface area contributed by atoms with Crippen LogP contribution in [0.25, 0.3) is 0 Å². The largest absolute Gasteiger partial charge is 0.418 e. The van der Waals surface area contributed by atoms with Gasteiger partial charge in [0.1, 0.15) is 5.69 Å². The Hall–Kier alpha value is -3.55. The monoisotopic (exact) mass is 568 g/mol. The van der Waals surface area contributed by atoms with Gasteiger partial charge in [0.15, 0.2) is 5.82 Å². The molecular formula is C26H29F5N6O3. The zero-order chi connectivity index (χ0) is 28.7. The van der Waals surface area contributed by atoms with Crippen molar-refractivity contribution in [2.24, 2.45) is 0 Å². The Balaban J connectivity index is 1.46. The number of hydrogen-bond acceptors (Lipinski definition) is 7. The SMILES string of the molecule is CN1C(=O)C(F)(F)CN(C2CCCC2)c2nc(Nc3ccc(C(=O)NC4CCOCC4)cc3C(F)(F)F)ncc21. The molecule has 2 aromatic rings. The molecule has 2 fully saturated rings. The first-order chi connectivity index (χ1) is 18.9. The lowest BCUT2D eigenvalue weighted by atomic mass is 10.1. The fourth-order valence-electron chi connectivity index (χ4n) is 5.36. The highest BCUT2D eigenvalue weighted by Crippen LogP contribution is 2.41. The number of hydrogen-bond donors (Lipinski definition) is 2. The van der Waals surface area contributed by atoms with Gasteiger partial charge in [0.2, 0.25) is 5.95 Å². The van der Waals surface area contributed by atoms with Gasteiger partial charge in [0.25, 0.3) is 11.8 Å². The molecule has 9 nitrogen and oxygen atoms in total. The molecular weight excluding hydrogens is 539 g/mol. The number of nitrogens with one attached hydrogen (secondary N) is 2. The van der Waals surface area contributed by atoms with Gasteiger partial charge in [0, 0.05) is 37.9 Å². The van der Waals surface area contributed by atoms with Gasteiger partial charge in [-0.05, 0) is 43.9 Å². The highest BCUT2D eigenvalue weighted by atomic mass is 19.4. The molecule has 3 heterocycles. The number of rotatable bonds is 5. The number of nitrogens with zero attached hydrogens (tertiary/aromatic N) is 4. The quantitative estimate of drug-likeness (QED) is 0.512. The van der Waals surface area contributed by atoms with Crippen LogP contribution in [0, 0.1) is 0 Å². The minimum Gasteiger partial charge on any atom is -0.381 e. The van der Waals surface area contributed by atoms with E-state index >= 15 is 0 Å². The second-order valence-electron chi connectivity index (χ2n) is 10.3. The van der Waals surface area contributed by atoms with E-state index in [-0.39, 0.29) is 35.1 Å². The van der Waals surface area contributed by atoms with Crippen LogP contribution >= 0.6 is 0 Å². The number of aromatic nitrogens is 2. The van der Waals surface area contributed by atoms with Crippen LogP contribution in [-0.4, -0.2) is 66.6 Å². The number of alkyl halides is 5. The predicted octanol–water partition coefficient (Wildman–Crippen LogP) is 4.51. The second kappa shape index (κ2) is 10.8. The summed E-state index contributed by atoms with van der Waals surface area (Å²) < 4.78 is 77.0. The molecule has 2 N–H and O–H groups in total. The van der Waals surface area contributed by atoms with Crippen LogP contribution in [0.3, 0.4) is 0 Å². The minimum absolute atomic E-state index is 0.0378. The third-order valence-electron chi connectivity index (χ3n) is 7.53. The zero-order valence-electron chi connectivity index (χ0n) is 21.7. The maximum Gasteiger partial charge on any atom is 0.418 e. The molecule has 40 heavy (non-hydrogen) atoms. The summed E-state index contributed by atoms with van der Waals surface area (Å²) in [5.74, 6) is -5.95. The molecule has 0 spiro atoms. The molecule has 0 atom stereocenters. The number of halogens is 5. The van der Waals surface area contributed by atoms with Crippen molar-refractivity contribution < 1.29 is 36.3 Å². The normalized spacial score (nSPS) is 20.3. The Bertz CT molecular complexity index is 1280. The molecule has 5 rings (SSSR count). The molecule has 2 aliphatic heterocycles. The van der Waals surface area contributed by atoms with E-state index in [1.54, 1.807) is 0 Å². The summed E-state index contributed by atoms with van der Waals surface area (Å²) in [4.78, 5) is 35.6. The minimum atomic E-state index is -4.83. The van der Waals surface area contributed by atoms with E-state index in [0.29, 0.717) is 38.9 Å². The van der Waals surface area contributed by atoms with Gasteiger partial charge >= 0.3 is 12.1 Å². The fourth-order valence-corrected chi connectivity index (χ4v) is 5.36. The Labute approximate surface area is 227 Å². The molecule has 0 radical (unpaired) electrons. The van der Waals surface area contributed by atoms with E-state index in [0.717, 1.165) is 36.1 Å². The van der Waals surface area contributed by atoms with E-state index in [9.17, 15) is 31.5 Å². The summed E-state index contributed by atoms with van der Waals surface area (Å²) in [7, 11) is 1.19. The van der Waals surface area contributed by atoms with Gasteiger partial charge in [0.05, 0.1) is 24.0 Å². The first-order valence-electron chi connectivity index (χ1n) is 13.1. The Morgan fingerprint density at radius 2 is 1.82 bits per heavy atom. The van der Waals surface area contributed by atoms with E-state index in [1.165, 1.54) is 18.0 Å². The van der Waals surface area contributed by atoms with Crippen molar-refractivity contribution in [1.82, 2.24) is 15.3 Å². The Morgan fingerprint density at radius 3 is 2.50 bits per heavy atom. The molecule has 1 aromatic carbocycles. The van der Waals surface area contributed by atoms with E-state index in [4.69, 9.17) is 4.74 Å². The van der Waals surface area contributed by atoms with Gasteiger partial charge < -0.3 is 25.2 Å². The van der Waals surface area contributed by atoms with Crippen molar-refractivity contribution in [2.75, 3.05) is 41.9 Å². The number of fused-ring (bicyclic) bond motifs is 1. The molecule has 1 saturated carbocycles. The zero-order valence-corrected chi connectivity index (χ0v) is 21.7. The van der Waals surface area contributed by atoms with Crippen molar-refractivity contribution in [3.63, 3.8) is 0 Å². The van der Waals surface area contributed by atoms with Crippen molar-refractivity contribution in [1.29, 1.82) is 0 Å². The third-order valence-corrected chi connectivity index (χ3v) is 7.53. The number of amides is 2. The molecule has 14 heteroatoms. The summed E-state index contributed by atoms with van der Waals surface area (Å²) in [6, 6.07) is 2.62. The average molecular weight is 569 g/mol. The number of benzene rings is 1. The van der Waals surface area contributed by atoms with Gasteiger partial charge in [-0.1, -0.05) is 12.8 Å². The number of carbonyl (C=O) groups excluding carboxylic acids is 2. The van der Waals surface area contributed by atoms with Crippen molar-refractivity contribution in [3.05, 3.63) is 35.5 Å². The van der Waals surface area contributed by atoms with Crippen LogP contribution in [0.4, 0.5) is 45.1 Å². The van der Waals surface area contributed by atoms with Crippen LogP contribution in [0.2, 0.25) is 0 Å². The highest BCUT2D eigenvalue weighted by molar-refractivity contribution is 6.02. The molecule has 0 bridgehead atoms. The van der Waals surface area contributed by atoms with Gasteiger partial charge in [-0.25, -0.2) is 4.98 Å². The molecule has 1 aliphatic carbocycles. The molecule has 2 amide bonds. The van der Waals surface area contributed by atoms with Crippen LogP contribution < -0.4 is 20.4 Å². The van der Waals surface area contributed by atoms with Crippen molar-refractivity contribution in [2.45, 2.75) is 62.7 Å². The fraction of sp³-hybridized carbons (Fsp3) is 0.538. The van der Waals surface area contributed by atoms with Crippen LogP contribution in [0.15, 0.2) is 24.4 Å². The molecule has 3 aliphatic rings. The molecule has 1 aromatic heterocycles. The second-order valence-corrected chi connectivity index (χ2v) is 10.3. The topological polar surface area (TPSA) is 99.7 Å². The van der Waals surface area contributed by atoms with Crippen molar-refractivity contribution in [3.8, 4) is 0 Å². The summed E-state index contributed by atoms with van der Waals surface area (Å²) in [5.41, 5.74) is -1.65. The Kier molecular flexibility index (Phi) is 7.55. The predicted molar refractivity (Wildman–Crippen MR) is 136 cm³/mol. The Morgan fingerprint density at radius 1 is 1.12 bits per heavy atom. The van der Waals surface area contributed by atoms with Gasteiger partial charge in [-0.2, -0.15) is 26.9 Å². The van der Waals surface area contributed by atoms with E-state index in [2.05, 4.69) is 20.6 Å². The molecule has 0 unspecified atom stereocenters. The number of anilines is 4. The lowest BCUT2D eigenvalue weighted by molar-refractivity contribution is -0.140. The first kappa shape index (κ1) is 28.0. The smallest absolute Gasteiger partial charge is 0.381 e. The summed E-state index contributed by atoms with van der Waals surface area (Å²) in [6.45, 7) is 0.0271. The van der Waals surface area contributed by atoms with Crippen molar-refractivity contribution >= 4 is 35.0 Å². The maximum atomic E-state index is 14.8. The standard InChI is InChI=1S/C26H29F5N6O3/c1-36-20-13-32-24(35-21(20)37(17-4-2-3-5-17)14-25(27,28)23(36)39)34-19-7-6-15(12-18(19)26(29,30)31)22(38)33-16-8-10-40-11-9-16/h6-7,12-13,16-17H,2-5,8-11,14H2,1H3,(H,33,38)(H,32,34,35). The molecule has 216 valence electrons. The summed E-state index contributed by atoms with van der Waals surface area (Å²) in [5, 5.41) is 5.29. The molecule has 1 saturated heterocycles. The number of ether oxygens (including phenoxy) is 1. The third kappa shape index (κ3) is 5.67. The van der Waals surface area contributed by atoms with E-state index in [1.807, 2.05) is 0 Å². The average Bonchev–Trinajstić information content (AvgIpc) is 3.44. The first-order valence-corrected chi connectivity index (χ1v) is 13.1. The summed E-state index contributed by atoms with van der Waals surface area (Å²) >= 11 is 0. The lowest BCUT2D eigenvalue weighted by Crippen LogP contribution is -2.48. The number of carbonyl (C=O) groups is 2. The van der Waals surface area contributed by atoms with Gasteiger partial charge in [-0.15, -0.1) is 0 Å². The lowest BCUT2D eigenvalue weighted by Gasteiger charge is -2.31. The van der Waals surface area contributed by atoms with Crippen LogP contribution in [0.1, 0.15) is 54.4 Å².